The minimum absolute atomic E-state index is 0.113. The van der Waals surface area contributed by atoms with Crippen LogP contribution < -0.4 is 9.47 Å². The number of aliphatic hydroxyl groups is 6. The first-order chi connectivity index (χ1) is 15.7. The van der Waals surface area contributed by atoms with Gasteiger partial charge < -0.3 is 54.3 Å². The summed E-state index contributed by atoms with van der Waals surface area (Å²) in [5, 5.41) is 60.2. The van der Waals surface area contributed by atoms with Crippen molar-refractivity contribution >= 4 is 5.78 Å². The van der Waals surface area contributed by atoms with Crippen molar-refractivity contribution in [3.8, 4) is 11.5 Å². The van der Waals surface area contributed by atoms with Crippen molar-refractivity contribution in [2.24, 2.45) is 0 Å². The summed E-state index contributed by atoms with van der Waals surface area (Å²) in [7, 11) is 1.37. The van der Waals surface area contributed by atoms with E-state index in [9.17, 15) is 35.4 Å². The van der Waals surface area contributed by atoms with E-state index < -0.39 is 68.5 Å². The highest BCUT2D eigenvalue weighted by molar-refractivity contribution is 5.96. The molecule has 2 heterocycles. The summed E-state index contributed by atoms with van der Waals surface area (Å²) in [6, 6.07) is 4.45. The van der Waals surface area contributed by atoms with E-state index in [0.29, 0.717) is 5.56 Å². The highest BCUT2D eigenvalue weighted by Gasteiger charge is 2.53. The molecule has 8 unspecified atom stereocenters. The van der Waals surface area contributed by atoms with E-state index in [1.54, 1.807) is 6.92 Å². The predicted octanol–water partition coefficient (Wildman–Crippen LogP) is -2.07. The number of hydrogen-bond donors (Lipinski definition) is 6. The zero-order chi connectivity index (χ0) is 24.3. The Morgan fingerprint density at radius 1 is 1.15 bits per heavy atom. The molecule has 0 saturated carbocycles. The summed E-state index contributed by atoms with van der Waals surface area (Å²) in [5.41, 5.74) is -1.58. The fourth-order valence-corrected chi connectivity index (χ4v) is 3.63. The molecule has 2 fully saturated rings. The molecule has 0 radical (unpaired) electrons. The fourth-order valence-electron chi connectivity index (χ4n) is 3.63. The number of ketones is 1. The van der Waals surface area contributed by atoms with Crippen molar-refractivity contribution in [2.45, 2.75) is 62.0 Å². The first-order valence-corrected chi connectivity index (χ1v) is 10.5. The van der Waals surface area contributed by atoms with Crippen LogP contribution in [-0.4, -0.2) is 112 Å². The maximum absolute atomic E-state index is 12.0. The van der Waals surface area contributed by atoms with E-state index in [4.69, 9.17) is 23.7 Å². The SMILES string of the molecule is CCC(=O)c1ccc(OC2OC(CO)C(O)C(O)C2OC2OCC(O)(CO)C2O)c(OC)c1. The van der Waals surface area contributed by atoms with E-state index in [-0.39, 0.29) is 23.7 Å². The topological polar surface area (TPSA) is 185 Å². The Kier molecular flexibility index (Phi) is 8.26. The maximum atomic E-state index is 12.0. The lowest BCUT2D eigenvalue weighted by Crippen LogP contribution is -2.62. The Bertz CT molecular complexity index is 818. The van der Waals surface area contributed by atoms with Crippen LogP contribution in [0.1, 0.15) is 23.7 Å². The second kappa shape index (κ2) is 10.6. The summed E-state index contributed by atoms with van der Waals surface area (Å²) in [6.45, 7) is -0.158. The first kappa shape index (κ1) is 25.7. The molecular weight excluding hydrogens is 444 g/mol. The molecule has 1 aromatic carbocycles. The lowest BCUT2D eigenvalue weighted by Gasteiger charge is -2.42. The van der Waals surface area contributed by atoms with Gasteiger partial charge in [-0.1, -0.05) is 6.92 Å². The molecule has 33 heavy (non-hydrogen) atoms. The van der Waals surface area contributed by atoms with Gasteiger partial charge in [0.2, 0.25) is 6.29 Å². The van der Waals surface area contributed by atoms with Gasteiger partial charge in [0, 0.05) is 12.0 Å². The average molecular weight is 474 g/mol. The van der Waals surface area contributed by atoms with Gasteiger partial charge in [-0.3, -0.25) is 4.79 Å². The number of methoxy groups -OCH3 is 1. The normalized spacial score (nSPS) is 36.5. The molecule has 1 aromatic rings. The molecule has 3 rings (SSSR count). The predicted molar refractivity (Wildman–Crippen MR) is 109 cm³/mol. The van der Waals surface area contributed by atoms with E-state index in [0.717, 1.165) is 0 Å². The van der Waals surface area contributed by atoms with Crippen LogP contribution >= 0.6 is 0 Å². The molecule has 186 valence electrons. The summed E-state index contributed by atoms with van der Waals surface area (Å²) in [5.74, 6) is 0.186. The third-order valence-electron chi connectivity index (χ3n) is 5.75. The quantitative estimate of drug-likeness (QED) is 0.215. The van der Waals surface area contributed by atoms with Crippen LogP contribution in [0.15, 0.2) is 18.2 Å². The maximum Gasteiger partial charge on any atom is 0.229 e. The fraction of sp³-hybridized carbons (Fsp3) is 0.667. The van der Waals surface area contributed by atoms with E-state index in [1.807, 2.05) is 0 Å². The minimum atomic E-state index is -1.97. The molecular formula is C21H30O12. The highest BCUT2D eigenvalue weighted by Crippen LogP contribution is 2.35. The molecule has 2 aliphatic rings. The van der Waals surface area contributed by atoms with Crippen molar-refractivity contribution in [3.63, 3.8) is 0 Å². The van der Waals surface area contributed by atoms with E-state index in [2.05, 4.69) is 0 Å². The smallest absolute Gasteiger partial charge is 0.229 e. The first-order valence-electron chi connectivity index (χ1n) is 10.5. The van der Waals surface area contributed by atoms with Gasteiger partial charge in [-0.05, 0) is 18.2 Å². The number of benzene rings is 1. The van der Waals surface area contributed by atoms with E-state index in [1.165, 1.54) is 25.3 Å². The Labute approximate surface area is 189 Å². The largest absolute Gasteiger partial charge is 0.493 e. The standard InChI is InChI=1S/C21H30O12/c1-3-11(24)10-4-5-12(13(6-10)29-2)31-19-17(16(26)15(25)14(7-22)32-19)33-20-18(27)21(28,8-23)9-30-20/h4-6,14-20,22-23,25-28H,3,7-9H2,1-2H3. The third kappa shape index (κ3) is 5.14. The van der Waals surface area contributed by atoms with Crippen LogP contribution in [-0.2, 0) is 14.2 Å². The second-order valence-corrected chi connectivity index (χ2v) is 7.95. The lowest BCUT2D eigenvalue weighted by molar-refractivity contribution is -0.319. The summed E-state index contributed by atoms with van der Waals surface area (Å²) in [6.07, 6.45) is -10.2. The van der Waals surface area contributed by atoms with Crippen LogP contribution in [0, 0.1) is 0 Å². The molecule has 2 saturated heterocycles. The Balaban J connectivity index is 1.86. The number of hydrogen-bond acceptors (Lipinski definition) is 12. The minimum Gasteiger partial charge on any atom is -0.493 e. The summed E-state index contributed by atoms with van der Waals surface area (Å²) < 4.78 is 27.5. The number of aliphatic hydroxyl groups excluding tert-OH is 5. The van der Waals surface area contributed by atoms with Gasteiger partial charge in [0.1, 0.15) is 30.0 Å². The summed E-state index contributed by atoms with van der Waals surface area (Å²) >= 11 is 0. The zero-order valence-electron chi connectivity index (χ0n) is 18.2. The Morgan fingerprint density at radius 3 is 2.45 bits per heavy atom. The monoisotopic (exact) mass is 474 g/mol. The van der Waals surface area contributed by atoms with Gasteiger partial charge in [0.05, 0.1) is 26.9 Å². The van der Waals surface area contributed by atoms with Crippen molar-refractivity contribution in [1.82, 2.24) is 0 Å². The van der Waals surface area contributed by atoms with Crippen molar-refractivity contribution in [1.29, 1.82) is 0 Å². The number of ether oxygens (including phenoxy) is 5. The van der Waals surface area contributed by atoms with Crippen LogP contribution in [0.2, 0.25) is 0 Å². The molecule has 0 bridgehead atoms. The van der Waals surface area contributed by atoms with Gasteiger partial charge in [0.15, 0.2) is 29.7 Å². The number of carbonyl (C=O) groups is 1. The lowest BCUT2D eigenvalue weighted by atomic mass is 9.98. The van der Waals surface area contributed by atoms with Crippen LogP contribution in [0.5, 0.6) is 11.5 Å². The second-order valence-electron chi connectivity index (χ2n) is 7.95. The van der Waals surface area contributed by atoms with Crippen molar-refractivity contribution in [3.05, 3.63) is 23.8 Å². The van der Waals surface area contributed by atoms with Crippen molar-refractivity contribution in [2.75, 3.05) is 26.9 Å². The molecule has 12 nitrogen and oxygen atoms in total. The molecule has 2 aliphatic heterocycles. The molecule has 0 amide bonds. The van der Waals surface area contributed by atoms with Crippen LogP contribution in [0.4, 0.5) is 0 Å². The van der Waals surface area contributed by atoms with E-state index >= 15 is 0 Å². The molecule has 12 heteroatoms. The third-order valence-corrected chi connectivity index (χ3v) is 5.75. The number of Topliss-reactive ketones (excluding diaryl/α,β-unsaturated/α-hetero) is 1. The Morgan fingerprint density at radius 2 is 1.88 bits per heavy atom. The molecule has 8 atom stereocenters. The average Bonchev–Trinajstić information content (AvgIpc) is 3.12. The highest BCUT2D eigenvalue weighted by atomic mass is 16.8. The Hall–Kier alpha value is -1.87. The molecule has 0 spiro atoms. The van der Waals surface area contributed by atoms with Gasteiger partial charge >= 0.3 is 0 Å². The molecule has 6 N–H and O–H groups in total. The van der Waals surface area contributed by atoms with Gasteiger partial charge in [0.25, 0.3) is 0 Å². The summed E-state index contributed by atoms with van der Waals surface area (Å²) in [4.78, 5) is 12.0. The van der Waals surface area contributed by atoms with Gasteiger partial charge in [-0.15, -0.1) is 0 Å². The van der Waals surface area contributed by atoms with Crippen LogP contribution in [0.25, 0.3) is 0 Å². The van der Waals surface area contributed by atoms with Crippen molar-refractivity contribution < 1.29 is 59.1 Å². The van der Waals surface area contributed by atoms with Gasteiger partial charge in [-0.25, -0.2) is 0 Å². The number of rotatable bonds is 9. The zero-order valence-corrected chi connectivity index (χ0v) is 18.2. The molecule has 0 aromatic heterocycles. The number of carbonyl (C=O) groups excluding carboxylic acids is 1. The van der Waals surface area contributed by atoms with Gasteiger partial charge in [-0.2, -0.15) is 0 Å². The van der Waals surface area contributed by atoms with Crippen LogP contribution in [0.3, 0.4) is 0 Å². The molecule has 0 aliphatic carbocycles.